The molecule has 2 amide bonds. The summed E-state index contributed by atoms with van der Waals surface area (Å²) in [6, 6.07) is 5.10. The fourth-order valence-corrected chi connectivity index (χ4v) is 2.48. The van der Waals surface area contributed by atoms with Crippen LogP contribution in [0.15, 0.2) is 18.2 Å². The molecule has 0 spiro atoms. The zero-order valence-electron chi connectivity index (χ0n) is 12.9. The number of carbonyl (C=O) groups excluding carboxylic acids is 2. The van der Waals surface area contributed by atoms with Crippen LogP contribution >= 0.6 is 0 Å². The molecule has 1 aromatic rings. The van der Waals surface area contributed by atoms with Gasteiger partial charge in [-0.15, -0.1) is 0 Å². The Kier molecular flexibility index (Phi) is 4.49. The molecule has 1 fully saturated rings. The lowest BCUT2D eigenvalue weighted by molar-refractivity contribution is -0.151. The number of anilines is 1. The first-order valence-corrected chi connectivity index (χ1v) is 7.17. The van der Waals surface area contributed by atoms with Gasteiger partial charge in [-0.25, -0.2) is 0 Å². The van der Waals surface area contributed by atoms with E-state index in [0.717, 1.165) is 5.56 Å². The van der Waals surface area contributed by atoms with E-state index in [1.54, 1.807) is 32.3 Å². The van der Waals surface area contributed by atoms with Crippen LogP contribution in [0.5, 0.6) is 0 Å². The van der Waals surface area contributed by atoms with Crippen molar-refractivity contribution in [3.8, 4) is 0 Å². The standard InChI is InChI=1S/C16H20N2O4/c1-9-4-5-10(15(20)18(2)3)8-13(9)17-14(19)11-6-7-12(11)16(21)22/h4-5,8,11-12H,6-7H2,1-3H3,(H,17,19)(H,21,22). The third-order valence-electron chi connectivity index (χ3n) is 4.08. The average molecular weight is 304 g/mol. The van der Waals surface area contributed by atoms with Crippen LogP contribution in [-0.2, 0) is 9.59 Å². The molecule has 0 aliphatic heterocycles. The fourth-order valence-electron chi connectivity index (χ4n) is 2.48. The number of hydrogen-bond donors (Lipinski definition) is 2. The highest BCUT2D eigenvalue weighted by Crippen LogP contribution is 2.35. The van der Waals surface area contributed by atoms with Gasteiger partial charge in [0, 0.05) is 25.3 Å². The van der Waals surface area contributed by atoms with Crippen LogP contribution < -0.4 is 5.32 Å². The number of benzene rings is 1. The van der Waals surface area contributed by atoms with Crippen LogP contribution in [-0.4, -0.2) is 41.9 Å². The Labute approximate surface area is 129 Å². The first-order chi connectivity index (χ1) is 10.3. The molecule has 2 atom stereocenters. The zero-order valence-corrected chi connectivity index (χ0v) is 12.9. The van der Waals surface area contributed by atoms with Crippen LogP contribution in [0.3, 0.4) is 0 Å². The zero-order chi connectivity index (χ0) is 16.4. The molecule has 2 N–H and O–H groups in total. The topological polar surface area (TPSA) is 86.7 Å². The molecule has 6 heteroatoms. The molecule has 0 radical (unpaired) electrons. The normalized spacial score (nSPS) is 20.0. The number of nitrogens with one attached hydrogen (secondary N) is 1. The molecule has 22 heavy (non-hydrogen) atoms. The Balaban J connectivity index is 2.15. The van der Waals surface area contributed by atoms with Gasteiger partial charge in [0.15, 0.2) is 0 Å². The molecule has 0 aromatic heterocycles. The highest BCUT2D eigenvalue weighted by Gasteiger charge is 2.41. The number of aryl methyl sites for hydroxylation is 1. The van der Waals surface area contributed by atoms with Gasteiger partial charge in [-0.3, -0.25) is 14.4 Å². The Morgan fingerprint density at radius 1 is 1.18 bits per heavy atom. The molecule has 1 aromatic carbocycles. The molecule has 1 saturated carbocycles. The minimum Gasteiger partial charge on any atom is -0.481 e. The van der Waals surface area contributed by atoms with Crippen LogP contribution in [0, 0.1) is 18.8 Å². The van der Waals surface area contributed by atoms with Crippen molar-refractivity contribution in [2.24, 2.45) is 11.8 Å². The number of nitrogens with zero attached hydrogens (tertiary/aromatic N) is 1. The number of aliphatic carboxylic acids is 1. The highest BCUT2D eigenvalue weighted by atomic mass is 16.4. The quantitative estimate of drug-likeness (QED) is 0.887. The van der Waals surface area contributed by atoms with E-state index in [4.69, 9.17) is 5.11 Å². The monoisotopic (exact) mass is 304 g/mol. The van der Waals surface area contributed by atoms with Crippen molar-refractivity contribution in [1.29, 1.82) is 0 Å². The first-order valence-electron chi connectivity index (χ1n) is 7.17. The third kappa shape index (κ3) is 3.10. The number of amides is 2. The van der Waals surface area contributed by atoms with Gasteiger partial charge in [-0.2, -0.15) is 0 Å². The largest absolute Gasteiger partial charge is 0.481 e. The molecule has 2 rings (SSSR count). The van der Waals surface area contributed by atoms with Gasteiger partial charge in [-0.05, 0) is 37.5 Å². The average Bonchev–Trinajstić information content (AvgIpc) is 2.38. The van der Waals surface area contributed by atoms with E-state index in [0.29, 0.717) is 24.1 Å². The van der Waals surface area contributed by atoms with Crippen molar-refractivity contribution in [1.82, 2.24) is 4.90 Å². The maximum Gasteiger partial charge on any atom is 0.307 e. The van der Waals surface area contributed by atoms with Gasteiger partial charge < -0.3 is 15.3 Å². The van der Waals surface area contributed by atoms with E-state index in [2.05, 4.69) is 5.32 Å². The van der Waals surface area contributed by atoms with Gasteiger partial charge in [0.1, 0.15) is 0 Å². The number of rotatable bonds is 4. The summed E-state index contributed by atoms with van der Waals surface area (Å²) in [6.45, 7) is 1.83. The smallest absolute Gasteiger partial charge is 0.307 e. The Morgan fingerprint density at radius 3 is 2.32 bits per heavy atom. The molecule has 118 valence electrons. The predicted octanol–water partition coefficient (Wildman–Crippen LogP) is 1.75. The van der Waals surface area contributed by atoms with E-state index in [9.17, 15) is 14.4 Å². The molecule has 2 unspecified atom stereocenters. The summed E-state index contributed by atoms with van der Waals surface area (Å²) in [5, 5.41) is 11.8. The lowest BCUT2D eigenvalue weighted by Crippen LogP contribution is -2.41. The Hall–Kier alpha value is -2.37. The minimum absolute atomic E-state index is 0.150. The Morgan fingerprint density at radius 2 is 1.82 bits per heavy atom. The summed E-state index contributed by atoms with van der Waals surface area (Å²) in [6.07, 6.45) is 1.11. The van der Waals surface area contributed by atoms with Crippen molar-refractivity contribution < 1.29 is 19.5 Å². The number of carboxylic acid groups (broad SMARTS) is 1. The van der Waals surface area contributed by atoms with Crippen LogP contribution in [0.2, 0.25) is 0 Å². The predicted molar refractivity (Wildman–Crippen MR) is 81.7 cm³/mol. The molecular weight excluding hydrogens is 284 g/mol. The molecule has 1 aliphatic rings. The van der Waals surface area contributed by atoms with Gasteiger partial charge >= 0.3 is 5.97 Å². The van der Waals surface area contributed by atoms with Gasteiger partial charge in [0.05, 0.1) is 11.8 Å². The van der Waals surface area contributed by atoms with Crippen molar-refractivity contribution in [3.05, 3.63) is 29.3 Å². The summed E-state index contributed by atoms with van der Waals surface area (Å²) in [5.41, 5.74) is 1.86. The SMILES string of the molecule is Cc1ccc(C(=O)N(C)C)cc1NC(=O)C1CCC1C(=O)O. The molecular formula is C16H20N2O4. The number of hydrogen-bond acceptors (Lipinski definition) is 3. The first kappa shape index (κ1) is 16.0. The maximum absolute atomic E-state index is 12.2. The van der Waals surface area contributed by atoms with Crippen molar-refractivity contribution in [2.45, 2.75) is 19.8 Å². The summed E-state index contributed by atoms with van der Waals surface area (Å²) in [4.78, 5) is 36.6. The Bertz CT molecular complexity index is 625. The molecule has 6 nitrogen and oxygen atoms in total. The summed E-state index contributed by atoms with van der Waals surface area (Å²) >= 11 is 0. The second kappa shape index (κ2) is 6.17. The lowest BCUT2D eigenvalue weighted by Gasteiger charge is -2.32. The van der Waals surface area contributed by atoms with Crippen molar-refractivity contribution in [2.75, 3.05) is 19.4 Å². The summed E-state index contributed by atoms with van der Waals surface area (Å²) in [7, 11) is 3.32. The number of carboxylic acids is 1. The molecule has 0 saturated heterocycles. The van der Waals surface area contributed by atoms with E-state index in [1.807, 2.05) is 6.92 Å². The fraction of sp³-hybridized carbons (Fsp3) is 0.438. The lowest BCUT2D eigenvalue weighted by atomic mass is 9.73. The van der Waals surface area contributed by atoms with Crippen molar-refractivity contribution in [3.63, 3.8) is 0 Å². The minimum atomic E-state index is -0.931. The van der Waals surface area contributed by atoms with E-state index < -0.39 is 17.8 Å². The van der Waals surface area contributed by atoms with E-state index in [-0.39, 0.29) is 11.8 Å². The number of carbonyl (C=O) groups is 3. The van der Waals surface area contributed by atoms with E-state index in [1.165, 1.54) is 4.90 Å². The summed E-state index contributed by atoms with van der Waals surface area (Å²) < 4.78 is 0. The van der Waals surface area contributed by atoms with Gasteiger partial charge in [0.25, 0.3) is 5.91 Å². The molecule has 0 bridgehead atoms. The van der Waals surface area contributed by atoms with Crippen LogP contribution in [0.25, 0.3) is 0 Å². The maximum atomic E-state index is 12.2. The molecule has 1 aliphatic carbocycles. The second-order valence-electron chi connectivity index (χ2n) is 5.85. The van der Waals surface area contributed by atoms with Crippen LogP contribution in [0.4, 0.5) is 5.69 Å². The van der Waals surface area contributed by atoms with Crippen LogP contribution in [0.1, 0.15) is 28.8 Å². The highest BCUT2D eigenvalue weighted by molar-refractivity contribution is 5.99. The van der Waals surface area contributed by atoms with E-state index >= 15 is 0 Å². The van der Waals surface area contributed by atoms with Gasteiger partial charge in [0.2, 0.25) is 5.91 Å². The molecule has 0 heterocycles. The van der Waals surface area contributed by atoms with Crippen molar-refractivity contribution >= 4 is 23.5 Å². The summed E-state index contributed by atoms with van der Waals surface area (Å²) in [5.74, 6) is -2.48. The van der Waals surface area contributed by atoms with Gasteiger partial charge in [-0.1, -0.05) is 6.07 Å². The second-order valence-corrected chi connectivity index (χ2v) is 5.85. The third-order valence-corrected chi connectivity index (χ3v) is 4.08.